The Morgan fingerprint density at radius 1 is 1.75 bits per heavy atom. The summed E-state index contributed by atoms with van der Waals surface area (Å²) in [6, 6.07) is 0. The molecule has 0 aliphatic carbocycles. The summed E-state index contributed by atoms with van der Waals surface area (Å²) in [5.74, 6) is -1.11. The quantitative estimate of drug-likeness (QED) is 0.435. The first-order valence-corrected chi connectivity index (χ1v) is 2.55. The van der Waals surface area contributed by atoms with Crippen molar-refractivity contribution in [1.82, 2.24) is 0 Å². The maximum absolute atomic E-state index is 9.96. The van der Waals surface area contributed by atoms with E-state index >= 15 is 0 Å². The Hall–Kier alpha value is -0.860. The summed E-state index contributed by atoms with van der Waals surface area (Å²) < 4.78 is 0. The first-order valence-electron chi connectivity index (χ1n) is 2.55. The summed E-state index contributed by atoms with van der Waals surface area (Å²) in [5.41, 5.74) is 0.227. The third-order valence-electron chi connectivity index (χ3n) is 1.11. The molecule has 3 heteroatoms. The van der Waals surface area contributed by atoms with Crippen molar-refractivity contribution >= 4 is 11.7 Å². The van der Waals surface area contributed by atoms with E-state index in [0.29, 0.717) is 13.0 Å². The smallest absolute Gasteiger partial charge is 0.0853 e. The summed E-state index contributed by atoms with van der Waals surface area (Å²) in [7, 11) is 0. The Balaban J connectivity index is 2.57. The van der Waals surface area contributed by atoms with Crippen LogP contribution in [0.15, 0.2) is 4.99 Å². The molecule has 3 nitrogen and oxygen atoms in total. The molecule has 1 aliphatic heterocycles. The van der Waals surface area contributed by atoms with Gasteiger partial charge in [-0.2, -0.15) is 0 Å². The second-order valence-corrected chi connectivity index (χ2v) is 1.72. The molecule has 0 aromatic heterocycles. The number of carbonyl (C=O) groups excluding carboxylic acids is 1. The molecule has 8 heavy (non-hydrogen) atoms. The Kier molecular flexibility index (Phi) is 1.28. The van der Waals surface area contributed by atoms with Gasteiger partial charge in [0.25, 0.3) is 0 Å². The van der Waals surface area contributed by atoms with Gasteiger partial charge in [-0.15, -0.1) is 0 Å². The average molecular weight is 112 g/mol. The summed E-state index contributed by atoms with van der Waals surface area (Å²) in [6.07, 6.45) is 1.45. The van der Waals surface area contributed by atoms with Gasteiger partial charge in [0.05, 0.1) is 11.7 Å². The molecule has 1 aliphatic rings. The van der Waals surface area contributed by atoms with Gasteiger partial charge < -0.3 is 9.90 Å². The minimum Gasteiger partial charge on any atom is -0.544 e. The number of carboxylic acids is 1. The topological polar surface area (TPSA) is 52.5 Å². The van der Waals surface area contributed by atoms with E-state index in [1.807, 2.05) is 0 Å². The van der Waals surface area contributed by atoms with Crippen molar-refractivity contribution in [2.45, 2.75) is 12.8 Å². The largest absolute Gasteiger partial charge is 0.544 e. The SMILES string of the molecule is O=C([O-])C1=NCCC1. The van der Waals surface area contributed by atoms with Crippen molar-refractivity contribution in [3.05, 3.63) is 0 Å². The number of aliphatic imine (C=N–C) groups is 1. The minimum absolute atomic E-state index is 0.227. The van der Waals surface area contributed by atoms with Crippen LogP contribution < -0.4 is 5.11 Å². The molecule has 0 N–H and O–H groups in total. The molecule has 0 radical (unpaired) electrons. The van der Waals surface area contributed by atoms with Crippen molar-refractivity contribution in [3.63, 3.8) is 0 Å². The van der Waals surface area contributed by atoms with Crippen LogP contribution in [0.25, 0.3) is 0 Å². The predicted octanol–water partition coefficient (Wildman–Crippen LogP) is -1.03. The lowest BCUT2D eigenvalue weighted by atomic mass is 10.2. The van der Waals surface area contributed by atoms with Gasteiger partial charge in [-0.05, 0) is 12.8 Å². The molecule has 1 rings (SSSR count). The van der Waals surface area contributed by atoms with Crippen molar-refractivity contribution in [1.29, 1.82) is 0 Å². The number of nitrogens with zero attached hydrogens (tertiary/aromatic N) is 1. The Morgan fingerprint density at radius 2 is 2.50 bits per heavy atom. The fourth-order valence-corrected chi connectivity index (χ4v) is 0.706. The van der Waals surface area contributed by atoms with E-state index < -0.39 is 5.97 Å². The van der Waals surface area contributed by atoms with E-state index in [-0.39, 0.29) is 5.71 Å². The van der Waals surface area contributed by atoms with E-state index in [4.69, 9.17) is 0 Å². The molecule has 0 spiro atoms. The van der Waals surface area contributed by atoms with E-state index in [1.165, 1.54) is 0 Å². The zero-order chi connectivity index (χ0) is 5.98. The lowest BCUT2D eigenvalue weighted by Gasteiger charge is -1.96. The number of aliphatic carboxylic acids is 1. The van der Waals surface area contributed by atoms with Crippen LogP contribution >= 0.6 is 0 Å². The third kappa shape index (κ3) is 0.857. The van der Waals surface area contributed by atoms with Gasteiger partial charge in [-0.3, -0.25) is 4.99 Å². The Morgan fingerprint density at radius 3 is 2.75 bits per heavy atom. The molecule has 0 unspecified atom stereocenters. The molecule has 0 aromatic rings. The highest BCUT2D eigenvalue weighted by Gasteiger charge is 2.04. The van der Waals surface area contributed by atoms with Crippen LogP contribution in [0, 0.1) is 0 Å². The van der Waals surface area contributed by atoms with E-state index in [9.17, 15) is 9.90 Å². The van der Waals surface area contributed by atoms with E-state index in [2.05, 4.69) is 4.99 Å². The maximum atomic E-state index is 9.96. The highest BCUT2D eigenvalue weighted by atomic mass is 16.4. The highest BCUT2D eigenvalue weighted by molar-refractivity contribution is 6.35. The number of carbonyl (C=O) groups is 1. The number of carboxylic acid groups (broad SMARTS) is 1. The zero-order valence-electron chi connectivity index (χ0n) is 4.39. The number of hydrogen-bond donors (Lipinski definition) is 0. The predicted molar refractivity (Wildman–Crippen MR) is 26.5 cm³/mol. The van der Waals surface area contributed by atoms with Crippen LogP contribution in [0.1, 0.15) is 12.8 Å². The van der Waals surface area contributed by atoms with Crippen LogP contribution in [-0.2, 0) is 4.79 Å². The molecule has 0 aromatic carbocycles. The Labute approximate surface area is 47.0 Å². The molecule has 0 saturated carbocycles. The lowest BCUT2D eigenvalue weighted by molar-refractivity contribution is -0.294. The van der Waals surface area contributed by atoms with Gasteiger partial charge >= 0.3 is 0 Å². The standard InChI is InChI=1S/C5H7NO2/c7-5(8)4-2-1-3-6-4/h1-3H2,(H,7,8)/p-1. The first kappa shape index (κ1) is 5.28. The van der Waals surface area contributed by atoms with Gasteiger partial charge in [0.2, 0.25) is 0 Å². The third-order valence-corrected chi connectivity index (χ3v) is 1.11. The fourth-order valence-electron chi connectivity index (χ4n) is 0.706. The van der Waals surface area contributed by atoms with E-state index in [1.54, 1.807) is 0 Å². The molecule has 0 saturated heterocycles. The van der Waals surface area contributed by atoms with Crippen molar-refractivity contribution < 1.29 is 9.90 Å². The van der Waals surface area contributed by atoms with Crippen molar-refractivity contribution in [2.75, 3.05) is 6.54 Å². The normalized spacial score (nSPS) is 18.2. The monoisotopic (exact) mass is 112 g/mol. The molecule has 1 heterocycles. The number of rotatable bonds is 1. The van der Waals surface area contributed by atoms with Crippen LogP contribution in [0.4, 0.5) is 0 Å². The summed E-state index contributed by atoms with van der Waals surface area (Å²) in [4.78, 5) is 13.6. The summed E-state index contributed by atoms with van der Waals surface area (Å²) in [5, 5.41) is 9.96. The second-order valence-electron chi connectivity index (χ2n) is 1.72. The second kappa shape index (κ2) is 1.94. The van der Waals surface area contributed by atoms with Crippen LogP contribution in [0.3, 0.4) is 0 Å². The number of hydrogen-bond acceptors (Lipinski definition) is 3. The van der Waals surface area contributed by atoms with Gasteiger partial charge in [0.15, 0.2) is 0 Å². The minimum atomic E-state index is -1.11. The van der Waals surface area contributed by atoms with Crippen molar-refractivity contribution in [2.24, 2.45) is 4.99 Å². The molecule has 0 fully saturated rings. The lowest BCUT2D eigenvalue weighted by Crippen LogP contribution is -2.30. The summed E-state index contributed by atoms with van der Waals surface area (Å²) in [6.45, 7) is 0.656. The Bertz CT molecular complexity index is 139. The van der Waals surface area contributed by atoms with Gasteiger partial charge in [-0.1, -0.05) is 0 Å². The van der Waals surface area contributed by atoms with Crippen LogP contribution in [0.5, 0.6) is 0 Å². The molecule has 0 bridgehead atoms. The average Bonchev–Trinajstić information content (AvgIpc) is 2.12. The fraction of sp³-hybridized carbons (Fsp3) is 0.600. The van der Waals surface area contributed by atoms with Crippen LogP contribution in [0.2, 0.25) is 0 Å². The van der Waals surface area contributed by atoms with E-state index in [0.717, 1.165) is 6.42 Å². The molecular weight excluding hydrogens is 106 g/mol. The van der Waals surface area contributed by atoms with Crippen molar-refractivity contribution in [3.8, 4) is 0 Å². The zero-order valence-corrected chi connectivity index (χ0v) is 4.39. The molecule has 0 atom stereocenters. The van der Waals surface area contributed by atoms with Gasteiger partial charge in [0.1, 0.15) is 0 Å². The molecular formula is C5H6NO2-. The molecule has 44 valence electrons. The highest BCUT2D eigenvalue weighted by Crippen LogP contribution is 2.01. The maximum Gasteiger partial charge on any atom is 0.0853 e. The summed E-state index contributed by atoms with van der Waals surface area (Å²) >= 11 is 0. The van der Waals surface area contributed by atoms with Gasteiger partial charge in [0, 0.05) is 6.54 Å². The first-order chi connectivity index (χ1) is 3.80. The van der Waals surface area contributed by atoms with Gasteiger partial charge in [-0.25, -0.2) is 0 Å². The molecule has 0 amide bonds. The van der Waals surface area contributed by atoms with Crippen LogP contribution in [-0.4, -0.2) is 18.2 Å².